The molecule has 0 aliphatic carbocycles. The zero-order valence-electron chi connectivity index (χ0n) is 12.6. The van der Waals surface area contributed by atoms with Gasteiger partial charge in [0.25, 0.3) is 10.0 Å². The number of nitrogens with two attached hydrogens (primary N) is 1. The maximum Gasteiger partial charge on any atom is 0.416 e. The van der Waals surface area contributed by atoms with Crippen LogP contribution in [0.3, 0.4) is 0 Å². The Hall–Kier alpha value is -2.42. The molecule has 0 amide bonds. The fourth-order valence-corrected chi connectivity index (χ4v) is 3.16. The van der Waals surface area contributed by atoms with Gasteiger partial charge in [-0.3, -0.25) is 4.72 Å². The van der Waals surface area contributed by atoms with E-state index in [9.17, 15) is 21.6 Å². The molecule has 3 N–H and O–H groups in total. The van der Waals surface area contributed by atoms with E-state index in [-0.39, 0.29) is 22.9 Å². The molecule has 0 atom stereocenters. The number of alkyl halides is 3. The zero-order valence-corrected chi connectivity index (χ0v) is 13.4. The first-order valence-corrected chi connectivity index (χ1v) is 8.34. The van der Waals surface area contributed by atoms with Crippen LogP contribution < -0.4 is 15.2 Å². The topological polar surface area (TPSA) is 81.4 Å². The van der Waals surface area contributed by atoms with Gasteiger partial charge >= 0.3 is 6.18 Å². The molecule has 0 heterocycles. The van der Waals surface area contributed by atoms with E-state index in [1.165, 1.54) is 24.3 Å². The normalized spacial score (nSPS) is 12.0. The highest BCUT2D eigenvalue weighted by Gasteiger charge is 2.31. The van der Waals surface area contributed by atoms with Crippen molar-refractivity contribution in [1.82, 2.24) is 0 Å². The lowest BCUT2D eigenvalue weighted by atomic mass is 10.2. The summed E-state index contributed by atoms with van der Waals surface area (Å²) in [5.74, 6) is 0.0250. The molecule has 5 nitrogen and oxygen atoms in total. The van der Waals surface area contributed by atoms with Gasteiger partial charge in [-0.25, -0.2) is 8.42 Å². The summed E-state index contributed by atoms with van der Waals surface area (Å²) in [6.07, 6.45) is -4.57. The fourth-order valence-electron chi connectivity index (χ4n) is 1.98. The third kappa shape index (κ3) is 4.10. The largest absolute Gasteiger partial charge is 0.492 e. The zero-order chi connectivity index (χ0) is 18.0. The average molecular weight is 360 g/mol. The Bertz CT molecular complexity index is 836. The fraction of sp³-hybridized carbons (Fsp3) is 0.200. The number of ether oxygens (including phenoxy) is 1. The van der Waals surface area contributed by atoms with Crippen molar-refractivity contribution in [2.75, 3.05) is 17.1 Å². The number of hydrogen-bond acceptors (Lipinski definition) is 4. The summed E-state index contributed by atoms with van der Waals surface area (Å²) in [7, 11) is -4.14. The highest BCUT2D eigenvalue weighted by Crippen LogP contribution is 2.32. The Kier molecular flexibility index (Phi) is 4.93. The minimum Gasteiger partial charge on any atom is -0.492 e. The van der Waals surface area contributed by atoms with Gasteiger partial charge < -0.3 is 10.5 Å². The van der Waals surface area contributed by atoms with Crippen LogP contribution in [0.4, 0.5) is 24.5 Å². The Balaban J connectivity index is 2.39. The monoisotopic (exact) mass is 360 g/mol. The van der Waals surface area contributed by atoms with Gasteiger partial charge in [0, 0.05) is 17.4 Å². The van der Waals surface area contributed by atoms with Gasteiger partial charge in [0.05, 0.1) is 12.2 Å². The van der Waals surface area contributed by atoms with Crippen LogP contribution in [0.2, 0.25) is 0 Å². The van der Waals surface area contributed by atoms with E-state index in [1.54, 1.807) is 6.92 Å². The standard InChI is InChI=1S/C15H15F3N2O3S/c1-2-23-13-9-11(19)6-7-14(13)24(21,22)20-12-5-3-4-10(8-12)15(16,17)18/h3-9,20H,2,19H2,1H3. The van der Waals surface area contributed by atoms with Crippen molar-refractivity contribution in [3.8, 4) is 5.75 Å². The van der Waals surface area contributed by atoms with E-state index in [4.69, 9.17) is 10.5 Å². The van der Waals surface area contributed by atoms with Crippen LogP contribution >= 0.6 is 0 Å². The quantitative estimate of drug-likeness (QED) is 0.800. The lowest BCUT2D eigenvalue weighted by molar-refractivity contribution is -0.137. The Morgan fingerprint density at radius 2 is 1.88 bits per heavy atom. The van der Waals surface area contributed by atoms with Crippen molar-refractivity contribution in [2.24, 2.45) is 0 Å². The third-order valence-electron chi connectivity index (χ3n) is 3.00. The van der Waals surface area contributed by atoms with Crippen LogP contribution in [0.5, 0.6) is 5.75 Å². The molecule has 0 radical (unpaired) electrons. The molecule has 0 unspecified atom stereocenters. The smallest absolute Gasteiger partial charge is 0.416 e. The first-order chi connectivity index (χ1) is 11.1. The molecule has 9 heteroatoms. The van der Waals surface area contributed by atoms with Crippen molar-refractivity contribution in [3.05, 3.63) is 48.0 Å². The van der Waals surface area contributed by atoms with Crippen molar-refractivity contribution in [2.45, 2.75) is 18.0 Å². The van der Waals surface area contributed by atoms with E-state index in [0.29, 0.717) is 5.69 Å². The molecular formula is C15H15F3N2O3S. The number of hydrogen-bond donors (Lipinski definition) is 2. The van der Waals surface area contributed by atoms with E-state index >= 15 is 0 Å². The molecule has 2 aromatic carbocycles. The summed E-state index contributed by atoms with van der Waals surface area (Å²) >= 11 is 0. The van der Waals surface area contributed by atoms with Gasteiger partial charge in [-0.15, -0.1) is 0 Å². The molecule has 2 rings (SSSR count). The second kappa shape index (κ2) is 6.60. The molecule has 130 valence electrons. The van der Waals surface area contributed by atoms with Crippen molar-refractivity contribution in [1.29, 1.82) is 0 Å². The highest BCUT2D eigenvalue weighted by atomic mass is 32.2. The molecule has 24 heavy (non-hydrogen) atoms. The lowest BCUT2D eigenvalue weighted by Crippen LogP contribution is -2.15. The SMILES string of the molecule is CCOc1cc(N)ccc1S(=O)(=O)Nc1cccc(C(F)(F)F)c1. The van der Waals surface area contributed by atoms with E-state index in [1.807, 2.05) is 0 Å². The Labute approximate surface area is 137 Å². The van der Waals surface area contributed by atoms with Gasteiger partial charge in [0.2, 0.25) is 0 Å². The second-order valence-corrected chi connectivity index (χ2v) is 6.47. The van der Waals surface area contributed by atoms with Crippen LogP contribution in [0.1, 0.15) is 12.5 Å². The van der Waals surface area contributed by atoms with E-state index < -0.39 is 21.8 Å². The number of nitrogen functional groups attached to an aromatic ring is 1. The van der Waals surface area contributed by atoms with Gasteiger partial charge in [-0.05, 0) is 37.3 Å². The summed E-state index contributed by atoms with van der Waals surface area (Å²) in [5.41, 5.74) is 4.75. The molecule has 0 aliphatic rings. The number of sulfonamides is 1. The molecule has 2 aromatic rings. The second-order valence-electron chi connectivity index (χ2n) is 4.82. The van der Waals surface area contributed by atoms with Crippen LogP contribution in [0.15, 0.2) is 47.4 Å². The van der Waals surface area contributed by atoms with E-state index in [0.717, 1.165) is 18.2 Å². The molecule has 0 saturated heterocycles. The molecule has 0 bridgehead atoms. The van der Waals surface area contributed by atoms with Crippen LogP contribution in [-0.4, -0.2) is 15.0 Å². The van der Waals surface area contributed by atoms with Gasteiger partial charge in [-0.1, -0.05) is 6.07 Å². The molecule has 0 spiro atoms. The Morgan fingerprint density at radius 1 is 1.17 bits per heavy atom. The van der Waals surface area contributed by atoms with Crippen molar-refractivity contribution in [3.63, 3.8) is 0 Å². The minimum atomic E-state index is -4.57. The highest BCUT2D eigenvalue weighted by molar-refractivity contribution is 7.92. The summed E-state index contributed by atoms with van der Waals surface area (Å²) in [5, 5.41) is 0. The first kappa shape index (κ1) is 17.9. The molecule has 0 aliphatic heterocycles. The summed E-state index contributed by atoms with van der Waals surface area (Å²) in [6.45, 7) is 1.87. The maximum absolute atomic E-state index is 12.7. The summed E-state index contributed by atoms with van der Waals surface area (Å²) in [6, 6.07) is 7.85. The van der Waals surface area contributed by atoms with Gasteiger partial charge in [0.15, 0.2) is 0 Å². The van der Waals surface area contributed by atoms with Gasteiger partial charge in [0.1, 0.15) is 10.6 Å². The van der Waals surface area contributed by atoms with E-state index in [2.05, 4.69) is 4.72 Å². The van der Waals surface area contributed by atoms with Crippen molar-refractivity contribution >= 4 is 21.4 Å². The summed E-state index contributed by atoms with van der Waals surface area (Å²) in [4.78, 5) is -0.212. The molecule has 0 aromatic heterocycles. The lowest BCUT2D eigenvalue weighted by Gasteiger charge is -2.14. The molecule has 0 fully saturated rings. The number of benzene rings is 2. The number of rotatable bonds is 5. The third-order valence-corrected chi connectivity index (χ3v) is 4.42. The maximum atomic E-state index is 12.7. The minimum absolute atomic E-state index is 0.0250. The predicted molar refractivity (Wildman–Crippen MR) is 84.3 cm³/mol. The summed E-state index contributed by atoms with van der Waals surface area (Å²) < 4.78 is 70.4. The predicted octanol–water partition coefficient (Wildman–Crippen LogP) is 3.49. The Morgan fingerprint density at radius 3 is 2.50 bits per heavy atom. The number of anilines is 2. The molecular weight excluding hydrogens is 345 g/mol. The average Bonchev–Trinajstić information content (AvgIpc) is 2.46. The number of halogens is 3. The first-order valence-electron chi connectivity index (χ1n) is 6.86. The van der Waals surface area contributed by atoms with Crippen LogP contribution in [-0.2, 0) is 16.2 Å². The van der Waals surface area contributed by atoms with Crippen molar-refractivity contribution < 1.29 is 26.3 Å². The van der Waals surface area contributed by atoms with Crippen LogP contribution in [0.25, 0.3) is 0 Å². The van der Waals surface area contributed by atoms with Gasteiger partial charge in [-0.2, -0.15) is 13.2 Å². The molecule has 0 saturated carbocycles. The van der Waals surface area contributed by atoms with Crippen LogP contribution in [0, 0.1) is 0 Å². The number of nitrogens with one attached hydrogen (secondary N) is 1.